The average Bonchev–Trinajstić information content (AvgIpc) is 3.08. The Morgan fingerprint density at radius 2 is 0.959 bits per heavy atom. The van der Waals surface area contributed by atoms with E-state index in [1.54, 1.807) is 72.8 Å². The van der Waals surface area contributed by atoms with Gasteiger partial charge in [-0.3, -0.25) is 0 Å². The zero-order valence-electron chi connectivity index (χ0n) is 27.0. The van der Waals surface area contributed by atoms with E-state index in [9.17, 15) is 21.6 Å². The molecule has 49 heavy (non-hydrogen) atoms. The lowest BCUT2D eigenvalue weighted by molar-refractivity contribution is -0.107. The lowest BCUT2D eigenvalue weighted by Gasteiger charge is -2.40. The van der Waals surface area contributed by atoms with Crippen molar-refractivity contribution in [3.8, 4) is 17.2 Å². The first-order chi connectivity index (χ1) is 23.6. The van der Waals surface area contributed by atoms with Gasteiger partial charge in [-0.05, 0) is 103 Å². The van der Waals surface area contributed by atoms with Crippen LogP contribution >= 0.6 is 10.3 Å². The number of benzene rings is 3. The molecule has 0 saturated carbocycles. The summed E-state index contributed by atoms with van der Waals surface area (Å²) in [5, 5.41) is 0. The summed E-state index contributed by atoms with van der Waals surface area (Å²) in [5.41, 5.74) is 0. The molecule has 0 aromatic heterocycles. The molecule has 0 bridgehead atoms. The van der Waals surface area contributed by atoms with Crippen molar-refractivity contribution in [1.29, 1.82) is 0 Å². The normalized spacial score (nSPS) is 23.9. The Morgan fingerprint density at radius 3 is 1.27 bits per heavy atom. The van der Waals surface area contributed by atoms with E-state index in [1.807, 2.05) is 0 Å². The maximum atomic E-state index is 13.8. The van der Waals surface area contributed by atoms with Crippen molar-refractivity contribution in [3.63, 3.8) is 0 Å². The fraction of sp³-hybridized carbons (Fsp3) is 0.486. The predicted molar refractivity (Wildman–Crippen MR) is 175 cm³/mol. The molecular weight excluding hydrogens is 686 g/mol. The smallest absolute Gasteiger partial charge is 0.405 e. The molecule has 3 atom stereocenters. The Hall–Kier alpha value is -3.01. The third kappa shape index (κ3) is 9.62. The van der Waals surface area contributed by atoms with E-state index in [2.05, 4.69) is 0 Å². The molecule has 6 rings (SSSR count). The van der Waals surface area contributed by atoms with Crippen LogP contribution in [0.25, 0.3) is 0 Å². The van der Waals surface area contributed by atoms with Crippen LogP contribution in [-0.4, -0.2) is 59.0 Å². The number of alkyl halides is 3. The molecule has 0 aliphatic carbocycles. The highest BCUT2D eigenvalue weighted by Gasteiger charge is 2.44. The first-order valence-corrected chi connectivity index (χ1v) is 19.7. The Kier molecular flexibility index (Phi) is 11.6. The van der Waals surface area contributed by atoms with Gasteiger partial charge in [-0.15, -0.1) is 0 Å². The largest absolute Gasteiger partial charge is 0.465 e. The summed E-state index contributed by atoms with van der Waals surface area (Å²) >= 11 is 0. The second-order valence-electron chi connectivity index (χ2n) is 12.1. The van der Waals surface area contributed by atoms with Gasteiger partial charge in [-0.1, -0.05) is 18.2 Å². The van der Waals surface area contributed by atoms with Crippen LogP contribution in [0.4, 0.5) is 13.2 Å². The molecule has 0 spiro atoms. The maximum Gasteiger partial charge on any atom is 0.405 e. The van der Waals surface area contributed by atoms with Gasteiger partial charge >= 0.3 is 6.18 Å². The third-order valence-electron chi connectivity index (χ3n) is 8.17. The van der Waals surface area contributed by atoms with Crippen LogP contribution in [0.1, 0.15) is 57.8 Å². The van der Waals surface area contributed by atoms with Crippen LogP contribution in [-0.2, 0) is 28.0 Å². The summed E-state index contributed by atoms with van der Waals surface area (Å²) in [4.78, 5) is 0.844. The lowest BCUT2D eigenvalue weighted by Crippen LogP contribution is -2.27. The summed E-state index contributed by atoms with van der Waals surface area (Å²) in [6.45, 7) is 1.61. The fourth-order valence-corrected chi connectivity index (χ4v) is 11.2. The molecular formula is C35H41F3O9S2. The highest BCUT2D eigenvalue weighted by Crippen LogP contribution is 2.71. The van der Waals surface area contributed by atoms with Crippen LogP contribution < -0.4 is 14.2 Å². The van der Waals surface area contributed by atoms with Crippen molar-refractivity contribution in [2.24, 2.45) is 0 Å². The standard InChI is InChI=1S/C35H41F3O9S2/c36-35(37,38)25-48(39,40)47-49(29-13-7-10-26(22-29)44-32-16-1-4-19-41-32,30-14-8-11-27(23-30)45-33-17-2-5-20-42-33)31-15-9-12-28(24-31)46-34-18-3-6-21-43-34/h7-15,22-24,32-34H,1-6,16-21,25H2. The van der Waals surface area contributed by atoms with Crippen molar-refractivity contribution in [1.82, 2.24) is 0 Å². The molecule has 3 aliphatic rings. The van der Waals surface area contributed by atoms with Gasteiger partial charge in [0.2, 0.25) is 0 Å². The Balaban J connectivity index is 1.50. The highest BCUT2D eigenvalue weighted by atomic mass is 32.3. The second-order valence-corrected chi connectivity index (χ2v) is 16.6. The predicted octanol–water partition coefficient (Wildman–Crippen LogP) is 8.51. The molecule has 0 radical (unpaired) electrons. The van der Waals surface area contributed by atoms with E-state index >= 15 is 0 Å². The number of rotatable bonds is 12. The van der Waals surface area contributed by atoms with Crippen molar-refractivity contribution in [2.45, 2.75) is 97.5 Å². The van der Waals surface area contributed by atoms with Crippen LogP contribution in [0.2, 0.25) is 0 Å². The summed E-state index contributed by atoms with van der Waals surface area (Å²) in [6.07, 6.45) is 0.797. The molecule has 3 fully saturated rings. The quantitative estimate of drug-likeness (QED) is 0.182. The molecule has 268 valence electrons. The molecule has 0 N–H and O–H groups in total. The van der Waals surface area contributed by atoms with Crippen LogP contribution in [0, 0.1) is 0 Å². The molecule has 0 amide bonds. The molecule has 3 heterocycles. The molecule has 9 nitrogen and oxygen atoms in total. The molecule has 3 aromatic carbocycles. The van der Waals surface area contributed by atoms with Gasteiger partial charge in [0.1, 0.15) is 17.2 Å². The van der Waals surface area contributed by atoms with Gasteiger partial charge in [0, 0.05) is 33.9 Å². The number of hydrogen-bond donors (Lipinski definition) is 0. The van der Waals surface area contributed by atoms with E-state index in [0.29, 0.717) is 56.3 Å². The molecule has 3 aromatic rings. The topological polar surface area (TPSA) is 98.8 Å². The number of hydrogen-bond acceptors (Lipinski definition) is 9. The van der Waals surface area contributed by atoms with Crippen LogP contribution in [0.5, 0.6) is 17.2 Å². The highest BCUT2D eigenvalue weighted by molar-refractivity contribution is 8.33. The van der Waals surface area contributed by atoms with Gasteiger partial charge in [0.15, 0.2) is 24.6 Å². The first-order valence-electron chi connectivity index (χ1n) is 16.6. The fourth-order valence-electron chi connectivity index (χ4n) is 5.95. The van der Waals surface area contributed by atoms with Gasteiger partial charge in [0.25, 0.3) is 10.1 Å². The van der Waals surface area contributed by atoms with Crippen molar-refractivity contribution < 1.29 is 53.6 Å². The Bertz CT molecular complexity index is 1480. The molecule has 3 unspecified atom stereocenters. The van der Waals surface area contributed by atoms with Crippen molar-refractivity contribution in [3.05, 3.63) is 72.8 Å². The monoisotopic (exact) mass is 726 g/mol. The van der Waals surface area contributed by atoms with E-state index < -0.39 is 51.2 Å². The average molecular weight is 727 g/mol. The summed E-state index contributed by atoms with van der Waals surface area (Å²) in [6, 6.07) is 19.7. The zero-order valence-corrected chi connectivity index (χ0v) is 28.6. The summed E-state index contributed by atoms with van der Waals surface area (Å²) < 4.78 is 110. The lowest BCUT2D eigenvalue weighted by atomic mass is 10.2. The third-order valence-corrected chi connectivity index (χ3v) is 13.3. The number of halogens is 3. The SMILES string of the molecule is O=S(=O)(CC(F)(F)F)OS(c1cccc(OC2CCCCO2)c1)(c1cccc(OC2CCCCO2)c1)c1cccc(OC2CCCCO2)c1. The summed E-state index contributed by atoms with van der Waals surface area (Å²) in [5.74, 6) is -1.13. The Labute approximate surface area is 286 Å². The maximum absolute atomic E-state index is 13.8. The van der Waals surface area contributed by atoms with E-state index in [1.165, 1.54) is 0 Å². The number of ether oxygens (including phenoxy) is 6. The van der Waals surface area contributed by atoms with E-state index in [0.717, 1.165) is 38.5 Å². The molecule has 14 heteroatoms. The minimum atomic E-state index is -5.25. The van der Waals surface area contributed by atoms with Crippen LogP contribution in [0.3, 0.4) is 0 Å². The minimum Gasteiger partial charge on any atom is -0.465 e. The first kappa shape index (κ1) is 35.8. The van der Waals surface area contributed by atoms with Crippen LogP contribution in [0.15, 0.2) is 87.5 Å². The molecule has 3 aliphatic heterocycles. The van der Waals surface area contributed by atoms with Crippen molar-refractivity contribution in [2.75, 3.05) is 25.6 Å². The van der Waals surface area contributed by atoms with E-state index in [-0.39, 0.29) is 14.7 Å². The van der Waals surface area contributed by atoms with Gasteiger partial charge in [-0.25, -0.2) is 3.63 Å². The minimum absolute atomic E-state index is 0.281. The van der Waals surface area contributed by atoms with Gasteiger partial charge in [0.05, 0.1) is 19.8 Å². The Morgan fingerprint density at radius 1 is 0.592 bits per heavy atom. The van der Waals surface area contributed by atoms with Gasteiger partial charge < -0.3 is 28.4 Å². The molecule has 3 saturated heterocycles. The van der Waals surface area contributed by atoms with Crippen molar-refractivity contribution >= 4 is 20.4 Å². The van der Waals surface area contributed by atoms with Gasteiger partial charge in [-0.2, -0.15) is 21.6 Å². The summed E-state index contributed by atoms with van der Waals surface area (Å²) in [7, 11) is -8.75. The zero-order chi connectivity index (χ0) is 34.3. The second kappa shape index (κ2) is 15.9. The van der Waals surface area contributed by atoms with E-state index in [4.69, 9.17) is 32.1 Å².